The summed E-state index contributed by atoms with van der Waals surface area (Å²) in [6, 6.07) is 6.45. The van der Waals surface area contributed by atoms with Crippen LogP contribution >= 0.6 is 23.4 Å². The Morgan fingerprint density at radius 1 is 1.43 bits per heavy atom. The molecule has 2 rings (SSSR count). The van der Waals surface area contributed by atoms with Gasteiger partial charge in [0, 0.05) is 22.5 Å². The van der Waals surface area contributed by atoms with Gasteiger partial charge in [0.15, 0.2) is 0 Å². The number of esters is 1. The Morgan fingerprint density at radius 3 is 2.76 bits per heavy atom. The van der Waals surface area contributed by atoms with E-state index in [1.165, 1.54) is 24.6 Å². The highest BCUT2D eigenvalue weighted by Crippen LogP contribution is 2.28. The summed E-state index contributed by atoms with van der Waals surface area (Å²) in [6.07, 6.45) is 2.50. The summed E-state index contributed by atoms with van der Waals surface area (Å²) in [5.41, 5.74) is 0.705. The first kappa shape index (κ1) is 16.7. The van der Waals surface area contributed by atoms with Crippen LogP contribution in [0.15, 0.2) is 23.1 Å². The molecule has 0 aliphatic heterocycles. The monoisotopic (exact) mass is 327 g/mol. The van der Waals surface area contributed by atoms with Crippen LogP contribution in [0.5, 0.6) is 0 Å². The van der Waals surface area contributed by atoms with E-state index in [1.54, 1.807) is 0 Å². The van der Waals surface area contributed by atoms with Crippen LogP contribution in [0.25, 0.3) is 0 Å². The van der Waals surface area contributed by atoms with Crippen LogP contribution in [-0.4, -0.2) is 23.4 Å². The maximum Gasteiger partial charge on any atom is 0.316 e. The first-order valence-electron chi connectivity index (χ1n) is 7.20. The van der Waals surface area contributed by atoms with E-state index in [4.69, 9.17) is 16.3 Å². The highest BCUT2D eigenvalue weighted by atomic mass is 35.5. The van der Waals surface area contributed by atoms with Gasteiger partial charge in [-0.3, -0.25) is 4.79 Å². The van der Waals surface area contributed by atoms with Gasteiger partial charge in [-0.2, -0.15) is 0 Å². The van der Waals surface area contributed by atoms with E-state index in [9.17, 15) is 4.79 Å². The maximum absolute atomic E-state index is 11.8. The summed E-state index contributed by atoms with van der Waals surface area (Å²) in [6.45, 7) is 6.43. The first-order chi connectivity index (χ1) is 9.83. The van der Waals surface area contributed by atoms with Gasteiger partial charge in [0.2, 0.25) is 0 Å². The number of carbonyl (C=O) groups excluding carboxylic acids is 1. The molecule has 0 atom stereocenters. The number of hydrogen-bond donors (Lipinski definition) is 1. The van der Waals surface area contributed by atoms with Crippen molar-refractivity contribution in [1.29, 1.82) is 0 Å². The Balaban J connectivity index is 1.93. The number of benzene rings is 1. The van der Waals surface area contributed by atoms with Gasteiger partial charge < -0.3 is 10.1 Å². The molecule has 0 bridgehead atoms. The van der Waals surface area contributed by atoms with Crippen molar-refractivity contribution in [3.8, 4) is 0 Å². The summed E-state index contributed by atoms with van der Waals surface area (Å²) in [5.74, 6) is 0.124. The van der Waals surface area contributed by atoms with Crippen molar-refractivity contribution in [1.82, 2.24) is 5.32 Å². The zero-order valence-electron chi connectivity index (χ0n) is 12.7. The molecule has 0 heterocycles. The number of rotatable bonds is 6. The van der Waals surface area contributed by atoms with Crippen molar-refractivity contribution < 1.29 is 9.53 Å². The Kier molecular flexibility index (Phi) is 5.58. The van der Waals surface area contributed by atoms with Crippen molar-refractivity contribution in [2.75, 3.05) is 5.75 Å². The zero-order valence-corrected chi connectivity index (χ0v) is 14.3. The predicted octanol–water partition coefficient (Wildman–Crippen LogP) is 4.03. The molecule has 1 fully saturated rings. The molecule has 1 aromatic carbocycles. The van der Waals surface area contributed by atoms with Gasteiger partial charge in [0.05, 0.1) is 5.75 Å². The Morgan fingerprint density at radius 2 is 2.14 bits per heavy atom. The first-order valence-corrected chi connectivity index (χ1v) is 8.56. The maximum atomic E-state index is 11.8. The van der Waals surface area contributed by atoms with E-state index in [0.29, 0.717) is 11.8 Å². The molecule has 0 aromatic heterocycles. The van der Waals surface area contributed by atoms with Crippen LogP contribution < -0.4 is 5.32 Å². The average Bonchev–Trinajstić information content (AvgIpc) is 3.17. The van der Waals surface area contributed by atoms with E-state index in [2.05, 4.69) is 5.32 Å². The Bertz CT molecular complexity index is 509. The number of ether oxygens (including phenoxy) is 1. The number of carbonyl (C=O) groups is 1. The third kappa shape index (κ3) is 6.29. The predicted molar refractivity (Wildman–Crippen MR) is 87.9 cm³/mol. The van der Waals surface area contributed by atoms with Gasteiger partial charge in [0.25, 0.3) is 0 Å². The van der Waals surface area contributed by atoms with Gasteiger partial charge >= 0.3 is 5.97 Å². The minimum atomic E-state index is -0.437. The van der Waals surface area contributed by atoms with Crippen molar-refractivity contribution >= 4 is 29.3 Å². The quantitative estimate of drug-likeness (QED) is 0.632. The third-order valence-electron chi connectivity index (χ3n) is 2.95. The summed E-state index contributed by atoms with van der Waals surface area (Å²) in [5, 5.41) is 4.20. The number of hydrogen-bond acceptors (Lipinski definition) is 4. The van der Waals surface area contributed by atoms with E-state index < -0.39 is 5.60 Å². The second-order valence-electron chi connectivity index (χ2n) is 6.28. The molecule has 3 nitrogen and oxygen atoms in total. The molecule has 116 valence electrons. The Labute approximate surface area is 135 Å². The lowest BCUT2D eigenvalue weighted by molar-refractivity contribution is -0.151. The molecule has 21 heavy (non-hydrogen) atoms. The fourth-order valence-electron chi connectivity index (χ4n) is 1.88. The standard InChI is InChI=1S/C16H22ClNO2S/c1-16(2,3)20-15(19)10-21-14-7-4-12(17)8-11(14)9-18-13-5-6-13/h4,7-8,13,18H,5-6,9-10H2,1-3H3. The molecule has 1 saturated carbocycles. The van der Waals surface area contributed by atoms with Crippen LogP contribution in [0.3, 0.4) is 0 Å². The fraction of sp³-hybridized carbons (Fsp3) is 0.562. The van der Waals surface area contributed by atoms with Crippen LogP contribution in [0, 0.1) is 0 Å². The minimum absolute atomic E-state index is 0.191. The highest BCUT2D eigenvalue weighted by molar-refractivity contribution is 8.00. The molecule has 5 heteroatoms. The second-order valence-corrected chi connectivity index (χ2v) is 7.74. The average molecular weight is 328 g/mol. The van der Waals surface area contributed by atoms with Crippen molar-refractivity contribution in [3.05, 3.63) is 28.8 Å². The second kappa shape index (κ2) is 7.03. The Hall–Kier alpha value is -0.710. The minimum Gasteiger partial charge on any atom is -0.459 e. The van der Waals surface area contributed by atoms with Crippen LogP contribution in [0.2, 0.25) is 5.02 Å². The van der Waals surface area contributed by atoms with Gasteiger partial charge in [0.1, 0.15) is 5.60 Å². The molecule has 1 aliphatic rings. The fourth-order valence-corrected chi connectivity index (χ4v) is 2.88. The lowest BCUT2D eigenvalue weighted by atomic mass is 10.2. The van der Waals surface area contributed by atoms with E-state index in [-0.39, 0.29) is 5.97 Å². The molecule has 1 aliphatic carbocycles. The molecule has 0 saturated heterocycles. The molecule has 1 N–H and O–H groups in total. The van der Waals surface area contributed by atoms with Gasteiger partial charge in [-0.25, -0.2) is 0 Å². The molecule has 0 radical (unpaired) electrons. The molecule has 0 unspecified atom stereocenters. The number of nitrogens with one attached hydrogen (secondary N) is 1. The van der Waals surface area contributed by atoms with E-state index >= 15 is 0 Å². The topological polar surface area (TPSA) is 38.3 Å². The van der Waals surface area contributed by atoms with Crippen LogP contribution in [0.4, 0.5) is 0 Å². The van der Waals surface area contributed by atoms with Gasteiger partial charge in [-0.05, 0) is 57.4 Å². The summed E-state index contributed by atoms with van der Waals surface area (Å²) in [4.78, 5) is 12.9. The van der Waals surface area contributed by atoms with Crippen LogP contribution in [0.1, 0.15) is 39.2 Å². The van der Waals surface area contributed by atoms with E-state index in [0.717, 1.165) is 22.0 Å². The molecular formula is C16H22ClNO2S. The van der Waals surface area contributed by atoms with Crippen molar-refractivity contribution in [2.45, 2.75) is 56.7 Å². The smallest absolute Gasteiger partial charge is 0.316 e. The van der Waals surface area contributed by atoms with Crippen molar-refractivity contribution in [2.24, 2.45) is 0 Å². The highest BCUT2D eigenvalue weighted by Gasteiger charge is 2.21. The van der Waals surface area contributed by atoms with Gasteiger partial charge in [-0.1, -0.05) is 11.6 Å². The largest absolute Gasteiger partial charge is 0.459 e. The van der Waals surface area contributed by atoms with Gasteiger partial charge in [-0.15, -0.1) is 11.8 Å². The lowest BCUT2D eigenvalue weighted by Gasteiger charge is -2.19. The molecule has 1 aromatic rings. The summed E-state index contributed by atoms with van der Waals surface area (Å²) >= 11 is 7.57. The van der Waals surface area contributed by atoms with Crippen molar-refractivity contribution in [3.63, 3.8) is 0 Å². The van der Waals surface area contributed by atoms with Crippen LogP contribution in [-0.2, 0) is 16.1 Å². The zero-order chi connectivity index (χ0) is 15.5. The third-order valence-corrected chi connectivity index (χ3v) is 4.27. The lowest BCUT2D eigenvalue weighted by Crippen LogP contribution is -2.25. The number of halogens is 1. The molecule has 0 spiro atoms. The summed E-state index contributed by atoms with van der Waals surface area (Å²) < 4.78 is 5.33. The summed E-state index contributed by atoms with van der Waals surface area (Å²) in [7, 11) is 0. The normalized spacial score (nSPS) is 15.0. The van der Waals surface area contributed by atoms with E-state index in [1.807, 2.05) is 39.0 Å². The SMILES string of the molecule is CC(C)(C)OC(=O)CSc1ccc(Cl)cc1CNC1CC1. The molecule has 0 amide bonds. The number of thioether (sulfide) groups is 1. The molecular weight excluding hydrogens is 306 g/mol.